The van der Waals surface area contributed by atoms with Crippen LogP contribution in [-0.2, 0) is 4.79 Å². The van der Waals surface area contributed by atoms with Crippen molar-refractivity contribution in [2.45, 2.75) is 23.7 Å². The highest BCUT2D eigenvalue weighted by Gasteiger charge is 2.16. The van der Waals surface area contributed by atoms with Gasteiger partial charge >= 0.3 is 6.61 Å². The van der Waals surface area contributed by atoms with Gasteiger partial charge in [-0.3, -0.25) is 9.78 Å². The molecule has 0 saturated carbocycles. The molecule has 1 amide bonds. The van der Waals surface area contributed by atoms with Crippen LogP contribution in [-0.4, -0.2) is 22.8 Å². The van der Waals surface area contributed by atoms with Gasteiger partial charge < -0.3 is 10.1 Å². The fraction of sp³-hybridized carbons (Fsp3) is 0.158. The number of benzene rings is 2. The summed E-state index contributed by atoms with van der Waals surface area (Å²) in [5.74, 6) is -0.137. The normalized spacial score (nSPS) is 12.2. The van der Waals surface area contributed by atoms with Gasteiger partial charge in [0.25, 0.3) is 0 Å². The minimum atomic E-state index is -2.87. The van der Waals surface area contributed by atoms with Gasteiger partial charge in [0.2, 0.25) is 5.91 Å². The molecule has 1 atom stereocenters. The number of aromatic nitrogens is 1. The molecule has 1 heterocycles. The third-order valence-electron chi connectivity index (χ3n) is 3.63. The number of thioether (sulfide) groups is 1. The lowest BCUT2D eigenvalue weighted by Gasteiger charge is -2.13. The van der Waals surface area contributed by atoms with Crippen molar-refractivity contribution in [1.29, 1.82) is 0 Å². The van der Waals surface area contributed by atoms with Crippen molar-refractivity contribution in [3.63, 3.8) is 0 Å². The van der Waals surface area contributed by atoms with Gasteiger partial charge in [-0.15, -0.1) is 11.8 Å². The minimum Gasteiger partial charge on any atom is -0.435 e. The Morgan fingerprint density at radius 1 is 1.12 bits per heavy atom. The molecule has 0 bridgehead atoms. The second-order valence-corrected chi connectivity index (χ2v) is 6.86. The van der Waals surface area contributed by atoms with Crippen molar-refractivity contribution in [1.82, 2.24) is 4.98 Å². The lowest BCUT2D eigenvalue weighted by atomic mass is 10.2. The summed E-state index contributed by atoms with van der Waals surface area (Å²) in [5, 5.41) is 3.42. The Morgan fingerprint density at radius 2 is 1.85 bits per heavy atom. The number of hydrogen-bond donors (Lipinski definition) is 1. The molecule has 3 aromatic rings. The fourth-order valence-corrected chi connectivity index (χ4v) is 3.37. The van der Waals surface area contributed by atoms with Crippen LogP contribution in [0.25, 0.3) is 10.9 Å². The van der Waals surface area contributed by atoms with E-state index in [1.54, 1.807) is 6.20 Å². The summed E-state index contributed by atoms with van der Waals surface area (Å²) < 4.78 is 28.6. The summed E-state index contributed by atoms with van der Waals surface area (Å²) in [5.41, 5.74) is 1.39. The molecule has 1 unspecified atom stereocenters. The summed E-state index contributed by atoms with van der Waals surface area (Å²) in [6.45, 7) is -1.06. The highest BCUT2D eigenvalue weighted by Crippen LogP contribution is 2.30. The van der Waals surface area contributed by atoms with E-state index in [2.05, 4.69) is 15.0 Å². The summed E-state index contributed by atoms with van der Waals surface area (Å²) >= 11 is 1.44. The highest BCUT2D eigenvalue weighted by molar-refractivity contribution is 8.00. The minimum absolute atomic E-state index is 0.0451. The van der Waals surface area contributed by atoms with Crippen LogP contribution in [0, 0.1) is 0 Å². The molecule has 0 radical (unpaired) electrons. The van der Waals surface area contributed by atoms with Gasteiger partial charge in [0, 0.05) is 22.2 Å². The van der Waals surface area contributed by atoms with Crippen molar-refractivity contribution >= 4 is 34.3 Å². The van der Waals surface area contributed by atoms with Gasteiger partial charge in [-0.05, 0) is 43.3 Å². The first-order valence-corrected chi connectivity index (χ1v) is 8.77. The van der Waals surface area contributed by atoms with E-state index in [1.807, 2.05) is 37.3 Å². The molecule has 0 fully saturated rings. The molecule has 0 saturated heterocycles. The molecular weight excluding hydrogens is 358 g/mol. The predicted molar refractivity (Wildman–Crippen MR) is 98.8 cm³/mol. The van der Waals surface area contributed by atoms with E-state index < -0.39 is 6.61 Å². The number of alkyl halides is 2. The number of fused-ring (bicyclic) bond motifs is 1. The Kier molecular flexibility index (Phi) is 5.68. The first-order chi connectivity index (χ1) is 12.5. The van der Waals surface area contributed by atoms with Gasteiger partial charge in [0.05, 0.1) is 10.8 Å². The molecule has 3 rings (SSSR count). The number of nitrogens with one attached hydrogen (secondary N) is 1. The lowest BCUT2D eigenvalue weighted by Crippen LogP contribution is -2.22. The fourth-order valence-electron chi connectivity index (χ4n) is 2.38. The second-order valence-electron chi connectivity index (χ2n) is 5.48. The zero-order valence-corrected chi connectivity index (χ0v) is 14.7. The average Bonchev–Trinajstić information content (AvgIpc) is 2.63. The molecular formula is C19H16F2N2O2S. The number of hydrogen-bond acceptors (Lipinski definition) is 4. The Hall–Kier alpha value is -2.67. The van der Waals surface area contributed by atoms with Crippen LogP contribution < -0.4 is 10.1 Å². The molecule has 134 valence electrons. The van der Waals surface area contributed by atoms with Crippen LogP contribution in [0.2, 0.25) is 0 Å². The van der Waals surface area contributed by atoms with Gasteiger partial charge in [-0.2, -0.15) is 8.78 Å². The smallest absolute Gasteiger partial charge is 0.387 e. The third-order valence-corrected chi connectivity index (χ3v) is 4.81. The molecule has 26 heavy (non-hydrogen) atoms. The van der Waals surface area contributed by atoms with Crippen LogP contribution in [0.5, 0.6) is 5.75 Å². The number of anilines is 1. The first-order valence-electron chi connectivity index (χ1n) is 7.89. The molecule has 1 N–H and O–H groups in total. The molecule has 7 heteroatoms. The molecule has 1 aromatic heterocycles. The molecule has 0 aliphatic heterocycles. The van der Waals surface area contributed by atoms with E-state index in [0.29, 0.717) is 5.69 Å². The average molecular weight is 374 g/mol. The van der Waals surface area contributed by atoms with E-state index in [-0.39, 0.29) is 16.9 Å². The van der Waals surface area contributed by atoms with Crippen molar-refractivity contribution in [3.05, 3.63) is 60.8 Å². The maximum Gasteiger partial charge on any atom is 0.387 e. The number of nitrogens with zero attached hydrogens (tertiary/aromatic N) is 1. The lowest BCUT2D eigenvalue weighted by molar-refractivity contribution is -0.115. The van der Waals surface area contributed by atoms with Crippen molar-refractivity contribution in [2.24, 2.45) is 0 Å². The summed E-state index contributed by atoms with van der Waals surface area (Å²) in [4.78, 5) is 17.7. The van der Waals surface area contributed by atoms with E-state index in [9.17, 15) is 13.6 Å². The maximum absolute atomic E-state index is 12.4. The van der Waals surface area contributed by atoms with E-state index in [1.165, 1.54) is 36.0 Å². The number of carbonyl (C=O) groups is 1. The van der Waals surface area contributed by atoms with Crippen molar-refractivity contribution < 1.29 is 18.3 Å². The van der Waals surface area contributed by atoms with E-state index >= 15 is 0 Å². The maximum atomic E-state index is 12.4. The van der Waals surface area contributed by atoms with Gasteiger partial charge in [0.15, 0.2) is 0 Å². The van der Waals surface area contributed by atoms with Crippen LogP contribution >= 0.6 is 11.8 Å². The molecule has 0 aliphatic carbocycles. The Morgan fingerprint density at radius 3 is 2.58 bits per heavy atom. The van der Waals surface area contributed by atoms with E-state index in [4.69, 9.17) is 0 Å². The quantitative estimate of drug-likeness (QED) is 0.620. The monoisotopic (exact) mass is 374 g/mol. The van der Waals surface area contributed by atoms with Gasteiger partial charge in [-0.1, -0.05) is 18.2 Å². The van der Waals surface area contributed by atoms with Gasteiger partial charge in [0.1, 0.15) is 5.75 Å². The zero-order valence-electron chi connectivity index (χ0n) is 13.9. The Labute approximate surface area is 153 Å². The predicted octanol–water partition coefficient (Wildman–Crippen LogP) is 4.96. The highest BCUT2D eigenvalue weighted by atomic mass is 32.2. The van der Waals surface area contributed by atoms with Crippen molar-refractivity contribution in [3.8, 4) is 5.75 Å². The van der Waals surface area contributed by atoms with Crippen LogP contribution in [0.15, 0.2) is 65.7 Å². The molecule has 0 aliphatic rings. The number of amides is 1. The Balaban J connectivity index is 1.66. The van der Waals surface area contributed by atoms with Crippen LogP contribution in [0.3, 0.4) is 0 Å². The number of halogens is 2. The van der Waals surface area contributed by atoms with Crippen LogP contribution in [0.4, 0.5) is 14.5 Å². The summed E-state index contributed by atoms with van der Waals surface area (Å²) in [6.07, 6.45) is 1.72. The van der Waals surface area contributed by atoms with Gasteiger partial charge in [-0.25, -0.2) is 0 Å². The molecule has 2 aromatic carbocycles. The number of para-hydroxylation sites is 1. The molecule has 4 nitrogen and oxygen atoms in total. The number of ether oxygens (including phenoxy) is 1. The number of rotatable bonds is 6. The number of carbonyl (C=O) groups excluding carboxylic acids is 1. The van der Waals surface area contributed by atoms with E-state index in [0.717, 1.165) is 15.8 Å². The Bertz CT molecular complexity index is 898. The third kappa shape index (κ3) is 4.49. The first kappa shape index (κ1) is 18.1. The second kappa shape index (κ2) is 8.14. The summed E-state index contributed by atoms with van der Waals surface area (Å²) in [7, 11) is 0. The van der Waals surface area contributed by atoms with Crippen LogP contribution in [0.1, 0.15) is 6.92 Å². The molecule has 0 spiro atoms. The SMILES string of the molecule is CC(Sc1ccnc2ccccc12)C(=O)Nc1ccc(OC(F)F)cc1. The summed E-state index contributed by atoms with van der Waals surface area (Å²) in [6, 6.07) is 15.4. The number of pyridine rings is 1. The zero-order chi connectivity index (χ0) is 18.5. The van der Waals surface area contributed by atoms with Crippen molar-refractivity contribution in [2.75, 3.05) is 5.32 Å². The standard InChI is InChI=1S/C19H16F2N2O2S/c1-12(26-17-10-11-22-16-5-3-2-4-15(16)17)18(24)23-13-6-8-14(9-7-13)25-19(20)21/h2-12,19H,1H3,(H,23,24). The largest absolute Gasteiger partial charge is 0.435 e. The topological polar surface area (TPSA) is 51.2 Å².